The van der Waals surface area contributed by atoms with Gasteiger partial charge in [-0.1, -0.05) is 170 Å². The lowest BCUT2D eigenvalue weighted by molar-refractivity contribution is 0.670. The molecule has 0 saturated heterocycles. The van der Waals surface area contributed by atoms with Crippen LogP contribution in [0.2, 0.25) is 0 Å². The van der Waals surface area contributed by atoms with E-state index in [0.29, 0.717) is 34.3 Å². The van der Waals surface area contributed by atoms with Crippen LogP contribution in [0.15, 0.2) is 198 Å². The number of furan rings is 1. The first-order valence-corrected chi connectivity index (χ1v) is 18.3. The van der Waals surface area contributed by atoms with E-state index in [9.17, 15) is 1.37 Å². The molecule has 8 aromatic carbocycles. The van der Waals surface area contributed by atoms with Crippen LogP contribution in [0.3, 0.4) is 0 Å². The summed E-state index contributed by atoms with van der Waals surface area (Å²) in [6.45, 7) is 0. The molecule has 0 atom stereocenters. The molecule has 56 heavy (non-hydrogen) atoms. The average molecular weight is 723 g/mol. The van der Waals surface area contributed by atoms with Gasteiger partial charge in [-0.05, 0) is 35.4 Å². The van der Waals surface area contributed by atoms with E-state index in [2.05, 4.69) is 34.9 Å². The van der Waals surface area contributed by atoms with Crippen molar-refractivity contribution in [2.24, 2.45) is 0 Å². The predicted molar refractivity (Wildman–Crippen MR) is 229 cm³/mol. The predicted octanol–water partition coefficient (Wildman–Crippen LogP) is 13.2. The third kappa shape index (κ3) is 5.13. The topological polar surface area (TPSA) is 56.7 Å². The molecule has 0 amide bonds. The molecule has 0 radical (unpaired) electrons. The summed E-state index contributed by atoms with van der Waals surface area (Å²) in [7, 11) is 0. The van der Waals surface area contributed by atoms with Crippen molar-refractivity contribution in [1.29, 1.82) is 0 Å². The van der Waals surface area contributed by atoms with Gasteiger partial charge in [-0.25, -0.2) is 15.0 Å². The Morgan fingerprint density at radius 1 is 0.393 bits per heavy atom. The minimum atomic E-state index is -0.374. The number of aromatic nitrogens is 4. The van der Waals surface area contributed by atoms with Crippen molar-refractivity contribution < 1.29 is 12.6 Å². The maximum atomic E-state index is 9.55. The number of fused-ring (bicyclic) bond motifs is 6. The molecule has 0 saturated carbocycles. The Kier molecular flexibility index (Phi) is 6.10. The number of hydrogen-bond donors (Lipinski definition) is 0. The molecule has 0 N–H and O–H groups in total. The van der Waals surface area contributed by atoms with Crippen LogP contribution in [-0.2, 0) is 0 Å². The van der Waals surface area contributed by atoms with Gasteiger partial charge >= 0.3 is 0 Å². The lowest BCUT2D eigenvalue weighted by atomic mass is 9.96. The van der Waals surface area contributed by atoms with Crippen LogP contribution in [0.4, 0.5) is 0 Å². The maximum Gasteiger partial charge on any atom is 0.166 e. The van der Waals surface area contributed by atoms with Crippen molar-refractivity contribution in [3.8, 4) is 62.1 Å². The van der Waals surface area contributed by atoms with Crippen LogP contribution >= 0.6 is 0 Å². The fraction of sp³-hybridized carbons (Fsp3) is 0. The SMILES string of the molecule is [2H]c1cc([2H])c2oc3c(-c4cccc(-c5nc(-c6ccccc6)nc(-c6ccccc6-c6ccccc6)n5)c4-n4c5ccccc5c5ccccc54)c([2H])c([2H])c([2H])c3c2c1[2H]. The largest absolute Gasteiger partial charge is 0.455 e. The fourth-order valence-electron chi connectivity index (χ4n) is 7.77. The molecule has 5 heteroatoms. The third-order valence-electron chi connectivity index (χ3n) is 10.3. The molecule has 0 aliphatic heterocycles. The van der Waals surface area contributed by atoms with E-state index in [-0.39, 0.29) is 63.8 Å². The Morgan fingerprint density at radius 2 is 0.964 bits per heavy atom. The average Bonchev–Trinajstić information content (AvgIpc) is 3.88. The molecule has 11 aromatic rings. The number of nitrogens with zero attached hydrogens (tertiary/aromatic N) is 4. The standard InChI is InChI=1S/C51H32N4O/c1-3-17-33(18-4-1)35-21-7-8-25-42(35)50-52-49(34-19-5-2-6-20-34)53-51(54-50)43-29-15-26-39(41-28-16-27-40-38-24-11-14-32-46(38)56-48(40)41)47(43)55-44-30-12-9-22-36(44)37-23-10-13-31-45(37)55/h1-32H/i11D,16D,24D,27D,28D,32D. The van der Waals surface area contributed by atoms with Crippen LogP contribution in [0.5, 0.6) is 0 Å². The first-order chi connectivity index (χ1) is 30.3. The van der Waals surface area contributed by atoms with E-state index in [0.717, 1.165) is 44.1 Å². The van der Waals surface area contributed by atoms with Gasteiger partial charge < -0.3 is 8.98 Å². The van der Waals surface area contributed by atoms with Gasteiger partial charge in [0, 0.05) is 49.4 Å². The van der Waals surface area contributed by atoms with Gasteiger partial charge in [-0.15, -0.1) is 0 Å². The molecular formula is C51H32N4O. The van der Waals surface area contributed by atoms with E-state index in [1.807, 2.05) is 121 Å². The summed E-state index contributed by atoms with van der Waals surface area (Å²) in [5.41, 5.74) is 7.24. The first kappa shape index (κ1) is 26.2. The smallest absolute Gasteiger partial charge is 0.166 e. The van der Waals surface area contributed by atoms with Gasteiger partial charge in [0.15, 0.2) is 17.5 Å². The van der Waals surface area contributed by atoms with Crippen molar-refractivity contribution >= 4 is 43.7 Å². The number of rotatable bonds is 6. The van der Waals surface area contributed by atoms with Crippen molar-refractivity contribution in [1.82, 2.24) is 19.5 Å². The van der Waals surface area contributed by atoms with Gasteiger partial charge in [-0.3, -0.25) is 0 Å². The Bertz CT molecular complexity index is 3550. The highest BCUT2D eigenvalue weighted by Gasteiger charge is 2.24. The lowest BCUT2D eigenvalue weighted by Crippen LogP contribution is -2.05. The molecular weight excluding hydrogens is 685 g/mol. The second kappa shape index (κ2) is 13.0. The van der Waals surface area contributed by atoms with Gasteiger partial charge in [-0.2, -0.15) is 0 Å². The number of benzene rings is 8. The molecule has 0 aliphatic rings. The van der Waals surface area contributed by atoms with Crippen molar-refractivity contribution in [2.75, 3.05) is 0 Å². The Labute approximate surface area is 331 Å². The summed E-state index contributed by atoms with van der Waals surface area (Å²) in [6.07, 6.45) is 0. The molecule has 262 valence electrons. The van der Waals surface area contributed by atoms with E-state index in [4.69, 9.17) is 26.2 Å². The quantitative estimate of drug-likeness (QED) is 0.171. The lowest BCUT2D eigenvalue weighted by Gasteiger charge is -2.19. The van der Waals surface area contributed by atoms with Crippen LogP contribution in [0.1, 0.15) is 8.22 Å². The Balaban J connectivity index is 1.30. The minimum Gasteiger partial charge on any atom is -0.455 e. The molecule has 0 fully saturated rings. The number of para-hydroxylation sites is 5. The molecule has 0 bridgehead atoms. The zero-order valence-electron chi connectivity index (χ0n) is 35.7. The molecule has 5 nitrogen and oxygen atoms in total. The third-order valence-corrected chi connectivity index (χ3v) is 10.3. The van der Waals surface area contributed by atoms with E-state index < -0.39 is 0 Å². The molecule has 3 aromatic heterocycles. The zero-order chi connectivity index (χ0) is 42.2. The van der Waals surface area contributed by atoms with Crippen molar-refractivity contribution in [2.45, 2.75) is 0 Å². The van der Waals surface area contributed by atoms with E-state index >= 15 is 0 Å². The van der Waals surface area contributed by atoms with Crippen LogP contribution in [0, 0.1) is 0 Å². The molecule has 11 rings (SSSR count). The monoisotopic (exact) mass is 722 g/mol. The molecule has 0 spiro atoms. The second-order valence-electron chi connectivity index (χ2n) is 13.5. The van der Waals surface area contributed by atoms with Gasteiger partial charge in [0.25, 0.3) is 0 Å². The summed E-state index contributed by atoms with van der Waals surface area (Å²) in [6, 6.07) is 49.4. The second-order valence-corrected chi connectivity index (χ2v) is 13.5. The summed E-state index contributed by atoms with van der Waals surface area (Å²) in [4.78, 5) is 15.6. The molecule has 3 heterocycles. The highest BCUT2D eigenvalue weighted by atomic mass is 16.3. The van der Waals surface area contributed by atoms with Crippen LogP contribution in [-0.4, -0.2) is 19.5 Å². The normalized spacial score (nSPS) is 13.1. The van der Waals surface area contributed by atoms with Crippen LogP contribution < -0.4 is 0 Å². The van der Waals surface area contributed by atoms with E-state index in [1.54, 1.807) is 0 Å². The minimum absolute atomic E-state index is 0.0158. The van der Waals surface area contributed by atoms with Gasteiger partial charge in [0.05, 0.1) is 24.9 Å². The summed E-state index contributed by atoms with van der Waals surface area (Å²) >= 11 is 0. The highest BCUT2D eigenvalue weighted by molar-refractivity contribution is 6.13. The summed E-state index contributed by atoms with van der Waals surface area (Å²) in [5.74, 6) is 1.26. The Hall–Kier alpha value is -7.63. The fourth-order valence-corrected chi connectivity index (χ4v) is 7.77. The number of hydrogen-bond acceptors (Lipinski definition) is 4. The molecule has 0 unspecified atom stereocenters. The Morgan fingerprint density at radius 3 is 1.71 bits per heavy atom. The first-order valence-electron chi connectivity index (χ1n) is 21.3. The summed E-state index contributed by atoms with van der Waals surface area (Å²) < 4.78 is 62.4. The van der Waals surface area contributed by atoms with E-state index in [1.165, 1.54) is 6.07 Å². The highest BCUT2D eigenvalue weighted by Crippen LogP contribution is 2.44. The zero-order valence-corrected chi connectivity index (χ0v) is 29.7. The van der Waals surface area contributed by atoms with Gasteiger partial charge in [0.2, 0.25) is 0 Å². The molecule has 0 aliphatic carbocycles. The summed E-state index contributed by atoms with van der Waals surface area (Å²) in [5, 5.41) is 2.18. The van der Waals surface area contributed by atoms with Gasteiger partial charge in [0.1, 0.15) is 11.2 Å². The van der Waals surface area contributed by atoms with Crippen molar-refractivity contribution in [3.63, 3.8) is 0 Å². The maximum absolute atomic E-state index is 9.55. The van der Waals surface area contributed by atoms with Crippen molar-refractivity contribution in [3.05, 3.63) is 194 Å². The van der Waals surface area contributed by atoms with Crippen LogP contribution in [0.25, 0.3) is 106 Å².